The topological polar surface area (TPSA) is 87.8 Å². The van der Waals surface area contributed by atoms with Gasteiger partial charge in [-0.3, -0.25) is 19.8 Å². The molecule has 1 heterocycles. The van der Waals surface area contributed by atoms with Crippen molar-refractivity contribution in [3.63, 3.8) is 0 Å². The quantitative estimate of drug-likeness (QED) is 0.400. The second-order valence-electron chi connectivity index (χ2n) is 7.15. The summed E-state index contributed by atoms with van der Waals surface area (Å²) in [6.45, 7) is 4.22. The highest BCUT2D eigenvalue weighted by Gasteiger charge is 2.25. The molecule has 152 valence electrons. The fourth-order valence-corrected chi connectivity index (χ4v) is 3.58. The summed E-state index contributed by atoms with van der Waals surface area (Å²) >= 11 is 3.40. The Hall–Kier alpha value is -2.58. The lowest BCUT2D eigenvalue weighted by molar-refractivity contribution is -0.384. The molecule has 0 radical (unpaired) electrons. The van der Waals surface area contributed by atoms with Crippen molar-refractivity contribution in [1.82, 2.24) is 10.3 Å². The van der Waals surface area contributed by atoms with Gasteiger partial charge in [0.2, 0.25) is 5.91 Å². The minimum absolute atomic E-state index is 0.0450. The van der Waals surface area contributed by atoms with Gasteiger partial charge in [0.1, 0.15) is 0 Å². The number of hydrazone groups is 1. The normalized spacial score (nSPS) is 15.9. The standard InChI is InChI=1S/C21H23BrN4O3/c1-15(17-4-6-19(22)7-5-17)23-24-21(27)18-10-12-25(13-11-18)14-16-2-8-20(9-3-16)26(28)29/h2-9,18H,10-14H2,1H3,(H,24,27)/b23-15+. The minimum Gasteiger partial charge on any atom is -0.299 e. The first-order valence-corrected chi connectivity index (χ1v) is 10.3. The predicted molar refractivity (Wildman–Crippen MR) is 116 cm³/mol. The minimum atomic E-state index is -0.394. The average Bonchev–Trinajstić information content (AvgIpc) is 2.73. The van der Waals surface area contributed by atoms with Gasteiger partial charge < -0.3 is 0 Å². The van der Waals surface area contributed by atoms with Gasteiger partial charge in [0.05, 0.1) is 10.6 Å². The molecule has 3 rings (SSSR count). The van der Waals surface area contributed by atoms with Gasteiger partial charge in [-0.25, -0.2) is 5.43 Å². The van der Waals surface area contributed by atoms with E-state index in [9.17, 15) is 14.9 Å². The zero-order valence-electron chi connectivity index (χ0n) is 16.2. The van der Waals surface area contributed by atoms with Crippen LogP contribution in [0.25, 0.3) is 0 Å². The Morgan fingerprint density at radius 1 is 1.17 bits per heavy atom. The van der Waals surface area contributed by atoms with Crippen molar-refractivity contribution in [2.45, 2.75) is 26.3 Å². The lowest BCUT2D eigenvalue weighted by Crippen LogP contribution is -2.39. The molecular weight excluding hydrogens is 436 g/mol. The van der Waals surface area contributed by atoms with Gasteiger partial charge in [0, 0.05) is 29.1 Å². The van der Waals surface area contributed by atoms with Gasteiger partial charge >= 0.3 is 0 Å². The first kappa shape index (κ1) is 21.1. The zero-order chi connectivity index (χ0) is 20.8. The highest BCUT2D eigenvalue weighted by atomic mass is 79.9. The highest BCUT2D eigenvalue weighted by molar-refractivity contribution is 9.10. The van der Waals surface area contributed by atoms with E-state index < -0.39 is 4.92 Å². The smallest absolute Gasteiger partial charge is 0.269 e. The van der Waals surface area contributed by atoms with Crippen molar-refractivity contribution < 1.29 is 9.72 Å². The van der Waals surface area contributed by atoms with E-state index >= 15 is 0 Å². The van der Waals surface area contributed by atoms with Crippen LogP contribution in [0.15, 0.2) is 58.1 Å². The molecule has 2 aromatic carbocycles. The van der Waals surface area contributed by atoms with Crippen molar-refractivity contribution in [3.05, 3.63) is 74.2 Å². The van der Waals surface area contributed by atoms with Crippen LogP contribution in [0.3, 0.4) is 0 Å². The average molecular weight is 459 g/mol. The first-order chi connectivity index (χ1) is 13.9. The van der Waals surface area contributed by atoms with Crippen molar-refractivity contribution in [2.75, 3.05) is 13.1 Å². The van der Waals surface area contributed by atoms with Crippen LogP contribution in [0.5, 0.6) is 0 Å². The van der Waals surface area contributed by atoms with Gasteiger partial charge in [-0.15, -0.1) is 0 Å². The molecule has 0 spiro atoms. The van der Waals surface area contributed by atoms with E-state index in [0.717, 1.165) is 53.8 Å². The van der Waals surface area contributed by atoms with Crippen molar-refractivity contribution >= 4 is 33.2 Å². The second-order valence-corrected chi connectivity index (χ2v) is 8.07. The molecule has 1 aliphatic rings. The van der Waals surface area contributed by atoms with Crippen LogP contribution in [0, 0.1) is 16.0 Å². The maximum atomic E-state index is 12.4. The van der Waals surface area contributed by atoms with Crippen molar-refractivity contribution in [2.24, 2.45) is 11.0 Å². The molecule has 0 aliphatic carbocycles. The number of carbonyl (C=O) groups is 1. The van der Waals surface area contributed by atoms with E-state index in [1.165, 1.54) is 12.1 Å². The number of piperidine rings is 1. The Labute approximate surface area is 178 Å². The summed E-state index contributed by atoms with van der Waals surface area (Å²) in [5, 5.41) is 15.0. The molecule has 8 heteroatoms. The summed E-state index contributed by atoms with van der Waals surface area (Å²) in [6, 6.07) is 14.4. The van der Waals surface area contributed by atoms with Gasteiger partial charge in [-0.2, -0.15) is 5.10 Å². The van der Waals surface area contributed by atoms with E-state index in [1.807, 2.05) is 31.2 Å². The molecule has 1 fully saturated rings. The third-order valence-corrected chi connectivity index (χ3v) is 5.64. The third kappa shape index (κ3) is 5.95. The number of carbonyl (C=O) groups excluding carboxylic acids is 1. The number of likely N-dealkylation sites (tertiary alicyclic amines) is 1. The Morgan fingerprint density at radius 2 is 1.79 bits per heavy atom. The third-order valence-electron chi connectivity index (χ3n) is 5.11. The van der Waals surface area contributed by atoms with Crippen LogP contribution in [-0.4, -0.2) is 34.5 Å². The van der Waals surface area contributed by atoms with E-state index in [1.54, 1.807) is 12.1 Å². The number of amides is 1. The summed E-state index contributed by atoms with van der Waals surface area (Å²) in [5.74, 6) is -0.0963. The number of nitrogens with zero attached hydrogens (tertiary/aromatic N) is 3. The Kier molecular flexibility index (Phi) is 7.11. The van der Waals surface area contributed by atoms with Crippen LogP contribution >= 0.6 is 15.9 Å². The molecule has 2 aromatic rings. The number of nitrogens with one attached hydrogen (secondary N) is 1. The second kappa shape index (κ2) is 9.76. The molecular formula is C21H23BrN4O3. The number of halogens is 1. The molecule has 1 N–H and O–H groups in total. The summed E-state index contributed by atoms with van der Waals surface area (Å²) < 4.78 is 0.999. The molecule has 1 amide bonds. The lowest BCUT2D eigenvalue weighted by atomic mass is 9.96. The monoisotopic (exact) mass is 458 g/mol. The number of nitro benzene ring substituents is 1. The van der Waals surface area contributed by atoms with E-state index in [0.29, 0.717) is 0 Å². The van der Waals surface area contributed by atoms with Gasteiger partial charge in [-0.05, 0) is 56.1 Å². The molecule has 0 atom stereocenters. The molecule has 0 bridgehead atoms. The number of rotatable bonds is 6. The maximum absolute atomic E-state index is 12.4. The van der Waals surface area contributed by atoms with Gasteiger partial charge in [0.15, 0.2) is 0 Å². The number of nitro groups is 1. The van der Waals surface area contributed by atoms with Crippen molar-refractivity contribution in [3.8, 4) is 0 Å². The first-order valence-electron chi connectivity index (χ1n) is 9.48. The molecule has 7 nitrogen and oxygen atoms in total. The van der Waals surface area contributed by atoms with Crippen molar-refractivity contribution in [1.29, 1.82) is 0 Å². The highest BCUT2D eigenvalue weighted by Crippen LogP contribution is 2.20. The number of non-ortho nitro benzene ring substituents is 1. The van der Waals surface area contributed by atoms with Crippen LogP contribution in [0.4, 0.5) is 5.69 Å². The Bertz CT molecular complexity index is 889. The van der Waals surface area contributed by atoms with Crippen LogP contribution in [0.2, 0.25) is 0 Å². The summed E-state index contributed by atoms with van der Waals surface area (Å²) in [5.41, 5.74) is 5.57. The van der Waals surface area contributed by atoms with E-state index in [4.69, 9.17) is 0 Å². The molecule has 1 saturated heterocycles. The molecule has 0 unspecified atom stereocenters. The zero-order valence-corrected chi connectivity index (χ0v) is 17.8. The number of hydrogen-bond donors (Lipinski definition) is 1. The number of hydrogen-bond acceptors (Lipinski definition) is 5. The number of benzene rings is 2. The molecule has 0 aromatic heterocycles. The molecule has 0 saturated carbocycles. The fraction of sp³-hybridized carbons (Fsp3) is 0.333. The van der Waals surface area contributed by atoms with Gasteiger partial charge in [-0.1, -0.05) is 40.2 Å². The SMILES string of the molecule is C/C(=N\NC(=O)C1CCN(Cc2ccc([N+](=O)[O-])cc2)CC1)c1ccc(Br)cc1. The van der Waals surface area contributed by atoms with Crippen LogP contribution < -0.4 is 5.43 Å². The Balaban J connectivity index is 1.47. The fourth-order valence-electron chi connectivity index (χ4n) is 3.32. The Morgan fingerprint density at radius 3 is 2.38 bits per heavy atom. The summed E-state index contributed by atoms with van der Waals surface area (Å²) in [7, 11) is 0. The lowest BCUT2D eigenvalue weighted by Gasteiger charge is -2.30. The largest absolute Gasteiger partial charge is 0.299 e. The molecule has 1 aliphatic heterocycles. The maximum Gasteiger partial charge on any atom is 0.269 e. The van der Waals surface area contributed by atoms with E-state index in [2.05, 4.69) is 31.4 Å². The van der Waals surface area contributed by atoms with Crippen LogP contribution in [0.1, 0.15) is 30.9 Å². The predicted octanol–water partition coefficient (Wildman–Crippen LogP) is 4.11. The van der Waals surface area contributed by atoms with Gasteiger partial charge in [0.25, 0.3) is 5.69 Å². The molecule has 29 heavy (non-hydrogen) atoms. The summed E-state index contributed by atoms with van der Waals surface area (Å²) in [4.78, 5) is 25.1. The van der Waals surface area contributed by atoms with E-state index in [-0.39, 0.29) is 17.5 Å². The summed E-state index contributed by atoms with van der Waals surface area (Å²) in [6.07, 6.45) is 1.54. The van der Waals surface area contributed by atoms with Crippen LogP contribution in [-0.2, 0) is 11.3 Å².